The molecule has 3 aromatic rings. The summed E-state index contributed by atoms with van der Waals surface area (Å²) in [6, 6.07) is 5.15. The van der Waals surface area contributed by atoms with Gasteiger partial charge in [-0.25, -0.2) is 4.98 Å². The lowest BCUT2D eigenvalue weighted by Gasteiger charge is -2.13. The summed E-state index contributed by atoms with van der Waals surface area (Å²) < 4.78 is 12.3. The number of anilines is 1. The average molecular weight is 359 g/mol. The summed E-state index contributed by atoms with van der Waals surface area (Å²) in [5, 5.41) is 4.45. The minimum absolute atomic E-state index is 0.0415. The summed E-state index contributed by atoms with van der Waals surface area (Å²) in [6.45, 7) is 4.67. The number of rotatable bonds is 6. The number of hydrogen-bond acceptors (Lipinski definition) is 6. The van der Waals surface area contributed by atoms with Gasteiger partial charge in [0.2, 0.25) is 0 Å². The third kappa shape index (κ3) is 3.48. The molecule has 0 unspecified atom stereocenters. The predicted octanol–water partition coefficient (Wildman–Crippen LogP) is 2.81. The first-order valence-corrected chi connectivity index (χ1v) is 8.67. The van der Waals surface area contributed by atoms with E-state index in [4.69, 9.17) is 9.47 Å². The molecule has 0 atom stereocenters. The highest BCUT2D eigenvalue weighted by molar-refractivity contribution is 7.15. The van der Waals surface area contributed by atoms with Gasteiger partial charge in [0.15, 0.2) is 4.96 Å². The standard InChI is InChI=1S/C17H17N3O4S/c1-3-23-11-5-6-14(24-4-2)13(9-11)19-15(21)12-10-18-17-20(16(12)22)7-8-25-17/h5-10H,3-4H2,1-2H3,(H,19,21). The number of hydrogen-bond donors (Lipinski definition) is 1. The number of nitrogens with zero attached hydrogens (tertiary/aromatic N) is 2. The number of carbonyl (C=O) groups excluding carboxylic acids is 1. The summed E-state index contributed by atoms with van der Waals surface area (Å²) in [4.78, 5) is 29.7. The maximum Gasteiger partial charge on any atom is 0.271 e. The number of aromatic nitrogens is 2. The molecule has 0 fully saturated rings. The monoisotopic (exact) mass is 359 g/mol. The van der Waals surface area contributed by atoms with Crippen molar-refractivity contribution in [2.24, 2.45) is 0 Å². The Hall–Kier alpha value is -2.87. The fourth-order valence-electron chi connectivity index (χ4n) is 2.31. The van der Waals surface area contributed by atoms with Crippen molar-refractivity contribution in [2.45, 2.75) is 13.8 Å². The van der Waals surface area contributed by atoms with Crippen LogP contribution in [0.2, 0.25) is 0 Å². The molecule has 0 radical (unpaired) electrons. The van der Waals surface area contributed by atoms with E-state index in [1.54, 1.807) is 29.8 Å². The van der Waals surface area contributed by atoms with Gasteiger partial charge in [0.1, 0.15) is 17.1 Å². The molecule has 0 aliphatic rings. The zero-order valence-electron chi connectivity index (χ0n) is 13.8. The maximum absolute atomic E-state index is 12.6. The molecular weight excluding hydrogens is 342 g/mol. The smallest absolute Gasteiger partial charge is 0.271 e. The van der Waals surface area contributed by atoms with Crippen LogP contribution in [0.1, 0.15) is 24.2 Å². The van der Waals surface area contributed by atoms with Crippen molar-refractivity contribution < 1.29 is 14.3 Å². The lowest BCUT2D eigenvalue weighted by Crippen LogP contribution is -2.26. The first-order valence-electron chi connectivity index (χ1n) is 7.80. The van der Waals surface area contributed by atoms with Crippen LogP contribution in [0.15, 0.2) is 40.8 Å². The zero-order chi connectivity index (χ0) is 17.8. The number of fused-ring (bicyclic) bond motifs is 1. The fraction of sp³-hybridized carbons (Fsp3) is 0.235. The van der Waals surface area contributed by atoms with E-state index in [9.17, 15) is 9.59 Å². The highest BCUT2D eigenvalue weighted by Crippen LogP contribution is 2.29. The molecule has 7 nitrogen and oxygen atoms in total. The molecule has 2 heterocycles. The molecule has 1 amide bonds. The summed E-state index contributed by atoms with van der Waals surface area (Å²) in [7, 11) is 0. The molecule has 3 rings (SSSR count). The van der Waals surface area contributed by atoms with Crippen LogP contribution in [0.3, 0.4) is 0 Å². The average Bonchev–Trinajstić information content (AvgIpc) is 3.07. The molecular formula is C17H17N3O4S. The molecule has 1 N–H and O–H groups in total. The Morgan fingerprint density at radius 1 is 1.28 bits per heavy atom. The van der Waals surface area contributed by atoms with Gasteiger partial charge in [0.25, 0.3) is 11.5 Å². The van der Waals surface area contributed by atoms with Gasteiger partial charge in [-0.05, 0) is 26.0 Å². The van der Waals surface area contributed by atoms with Gasteiger partial charge in [0, 0.05) is 23.8 Å². The zero-order valence-corrected chi connectivity index (χ0v) is 14.6. The fourth-order valence-corrected chi connectivity index (χ4v) is 2.99. The lowest BCUT2D eigenvalue weighted by molar-refractivity contribution is 0.102. The van der Waals surface area contributed by atoms with Gasteiger partial charge in [-0.2, -0.15) is 0 Å². The van der Waals surface area contributed by atoms with Gasteiger partial charge in [-0.1, -0.05) is 0 Å². The summed E-state index contributed by atoms with van der Waals surface area (Å²) in [6.07, 6.45) is 2.88. The number of nitrogens with one attached hydrogen (secondary N) is 1. The van der Waals surface area contributed by atoms with Crippen molar-refractivity contribution in [3.05, 3.63) is 51.9 Å². The van der Waals surface area contributed by atoms with E-state index in [0.717, 1.165) is 0 Å². The first-order chi connectivity index (χ1) is 12.1. The Morgan fingerprint density at radius 2 is 2.08 bits per heavy atom. The second kappa shape index (κ2) is 7.35. The third-order valence-electron chi connectivity index (χ3n) is 3.40. The van der Waals surface area contributed by atoms with E-state index < -0.39 is 11.5 Å². The van der Waals surface area contributed by atoms with Crippen LogP contribution < -0.4 is 20.3 Å². The predicted molar refractivity (Wildman–Crippen MR) is 96.1 cm³/mol. The minimum Gasteiger partial charge on any atom is -0.494 e. The van der Waals surface area contributed by atoms with Crippen LogP contribution >= 0.6 is 11.3 Å². The van der Waals surface area contributed by atoms with Crippen molar-refractivity contribution in [1.29, 1.82) is 0 Å². The van der Waals surface area contributed by atoms with Crippen LogP contribution in [0, 0.1) is 0 Å². The lowest BCUT2D eigenvalue weighted by atomic mass is 10.2. The highest BCUT2D eigenvalue weighted by Gasteiger charge is 2.16. The van der Waals surface area contributed by atoms with Crippen molar-refractivity contribution >= 4 is 27.9 Å². The summed E-state index contributed by atoms with van der Waals surface area (Å²) in [5.41, 5.74) is -0.0181. The van der Waals surface area contributed by atoms with Gasteiger partial charge < -0.3 is 14.8 Å². The first kappa shape index (κ1) is 17.0. The van der Waals surface area contributed by atoms with Crippen LogP contribution in [0.25, 0.3) is 4.96 Å². The molecule has 0 aliphatic carbocycles. The maximum atomic E-state index is 12.6. The molecule has 0 spiro atoms. The Morgan fingerprint density at radius 3 is 2.84 bits per heavy atom. The van der Waals surface area contributed by atoms with Gasteiger partial charge in [-0.15, -0.1) is 11.3 Å². The third-order valence-corrected chi connectivity index (χ3v) is 4.17. The molecule has 0 aliphatic heterocycles. The Labute approximate surface area is 147 Å². The molecule has 130 valence electrons. The Kier molecular flexibility index (Phi) is 4.99. The highest BCUT2D eigenvalue weighted by atomic mass is 32.1. The quantitative estimate of drug-likeness (QED) is 0.732. The SMILES string of the molecule is CCOc1ccc(OCC)c(NC(=O)c2cnc3sccn3c2=O)c1. The van der Waals surface area contributed by atoms with Gasteiger partial charge in [-0.3, -0.25) is 14.0 Å². The van der Waals surface area contributed by atoms with Crippen LogP contribution in [-0.2, 0) is 0 Å². The number of carbonyl (C=O) groups is 1. The summed E-state index contributed by atoms with van der Waals surface area (Å²) in [5.74, 6) is 0.557. The van der Waals surface area contributed by atoms with E-state index in [1.807, 2.05) is 13.8 Å². The Balaban J connectivity index is 1.94. The van der Waals surface area contributed by atoms with Crippen molar-refractivity contribution in [3.63, 3.8) is 0 Å². The minimum atomic E-state index is -0.548. The topological polar surface area (TPSA) is 81.9 Å². The molecule has 8 heteroatoms. The second-order valence-electron chi connectivity index (χ2n) is 5.01. The van der Waals surface area contributed by atoms with Gasteiger partial charge >= 0.3 is 0 Å². The Bertz CT molecular complexity index is 964. The largest absolute Gasteiger partial charge is 0.494 e. The van der Waals surface area contributed by atoms with Gasteiger partial charge in [0.05, 0.1) is 18.9 Å². The molecule has 2 aromatic heterocycles. The van der Waals surface area contributed by atoms with Crippen molar-refractivity contribution in [1.82, 2.24) is 9.38 Å². The number of benzene rings is 1. The van der Waals surface area contributed by atoms with Crippen LogP contribution in [0.4, 0.5) is 5.69 Å². The second-order valence-corrected chi connectivity index (χ2v) is 5.88. The van der Waals surface area contributed by atoms with Crippen LogP contribution in [0.5, 0.6) is 11.5 Å². The number of amides is 1. The van der Waals surface area contributed by atoms with E-state index >= 15 is 0 Å². The van der Waals surface area contributed by atoms with E-state index in [0.29, 0.717) is 35.4 Å². The number of thiazole rings is 1. The van der Waals surface area contributed by atoms with E-state index in [1.165, 1.54) is 21.9 Å². The number of ether oxygens (including phenoxy) is 2. The molecule has 0 bridgehead atoms. The van der Waals surface area contributed by atoms with Crippen molar-refractivity contribution in [3.8, 4) is 11.5 Å². The molecule has 0 saturated carbocycles. The molecule has 25 heavy (non-hydrogen) atoms. The molecule has 1 aromatic carbocycles. The van der Waals surface area contributed by atoms with Crippen LogP contribution in [-0.4, -0.2) is 28.5 Å². The van der Waals surface area contributed by atoms with Crippen molar-refractivity contribution in [2.75, 3.05) is 18.5 Å². The van der Waals surface area contributed by atoms with E-state index in [-0.39, 0.29) is 5.56 Å². The summed E-state index contributed by atoms with van der Waals surface area (Å²) >= 11 is 1.33. The normalized spacial score (nSPS) is 10.6. The molecule has 0 saturated heterocycles. The van der Waals surface area contributed by atoms with E-state index in [2.05, 4.69) is 10.3 Å².